The van der Waals surface area contributed by atoms with Gasteiger partial charge in [-0.3, -0.25) is 0 Å². The van der Waals surface area contributed by atoms with E-state index in [4.69, 9.17) is 11.6 Å². The third-order valence-corrected chi connectivity index (χ3v) is 4.74. The van der Waals surface area contributed by atoms with E-state index < -0.39 is 0 Å². The number of halogens is 3. The molecule has 2 rings (SSSR count). The Kier molecular flexibility index (Phi) is 5.28. The van der Waals surface area contributed by atoms with E-state index in [1.807, 2.05) is 31.2 Å². The van der Waals surface area contributed by atoms with Crippen LogP contribution in [-0.2, 0) is 0 Å². The molecule has 0 aliphatic carbocycles. The highest BCUT2D eigenvalue weighted by molar-refractivity contribution is 9.10. The van der Waals surface area contributed by atoms with Crippen molar-refractivity contribution in [2.75, 3.05) is 11.4 Å². The fourth-order valence-electron chi connectivity index (χ4n) is 2.44. The number of rotatable bonds is 4. The molecule has 1 nitrogen and oxygen atoms in total. The maximum atomic E-state index is 13.4. The number of anilines is 1. The van der Waals surface area contributed by atoms with Gasteiger partial charge in [0.2, 0.25) is 0 Å². The Hall–Kier alpha value is -1.06. The van der Waals surface area contributed by atoms with E-state index in [0.29, 0.717) is 4.47 Å². The molecule has 0 fully saturated rings. The van der Waals surface area contributed by atoms with Crippen molar-refractivity contribution in [3.05, 3.63) is 62.8 Å². The van der Waals surface area contributed by atoms with E-state index in [2.05, 4.69) is 40.7 Å². The summed E-state index contributed by atoms with van der Waals surface area (Å²) in [6.45, 7) is 7.09. The molecule has 0 radical (unpaired) electrons. The first-order chi connectivity index (χ1) is 9.93. The maximum absolute atomic E-state index is 13.4. The third-order valence-electron chi connectivity index (χ3n) is 3.71. The van der Waals surface area contributed by atoms with Crippen molar-refractivity contribution in [3.63, 3.8) is 0 Å². The fourth-order valence-corrected chi connectivity index (χ4v) is 2.95. The minimum Gasteiger partial charge on any atom is -0.365 e. The van der Waals surface area contributed by atoms with E-state index >= 15 is 0 Å². The van der Waals surface area contributed by atoms with Crippen molar-refractivity contribution in [2.45, 2.75) is 26.8 Å². The predicted molar refractivity (Wildman–Crippen MR) is 91.7 cm³/mol. The predicted octanol–water partition coefficient (Wildman–Crippen LogP) is 6.14. The lowest BCUT2D eigenvalue weighted by Gasteiger charge is -2.31. The second kappa shape index (κ2) is 6.80. The molecule has 0 bridgehead atoms. The maximum Gasteiger partial charge on any atom is 0.137 e. The summed E-state index contributed by atoms with van der Waals surface area (Å²) in [5.41, 5.74) is 3.24. The number of benzene rings is 2. The topological polar surface area (TPSA) is 3.24 Å². The molecule has 2 aromatic rings. The molecule has 2 aromatic carbocycles. The van der Waals surface area contributed by atoms with E-state index in [9.17, 15) is 4.39 Å². The molecule has 0 aromatic heterocycles. The van der Waals surface area contributed by atoms with Crippen LogP contribution in [-0.4, -0.2) is 6.54 Å². The first-order valence-corrected chi connectivity index (χ1v) is 8.09. The highest BCUT2D eigenvalue weighted by atomic mass is 79.9. The van der Waals surface area contributed by atoms with Crippen LogP contribution in [0, 0.1) is 12.7 Å². The molecule has 1 atom stereocenters. The van der Waals surface area contributed by atoms with Gasteiger partial charge < -0.3 is 4.90 Å². The molecule has 0 heterocycles. The summed E-state index contributed by atoms with van der Waals surface area (Å²) in [7, 11) is 0. The van der Waals surface area contributed by atoms with Gasteiger partial charge in [0.05, 0.1) is 10.5 Å². The molecule has 0 aliphatic rings. The molecule has 0 amide bonds. The van der Waals surface area contributed by atoms with Gasteiger partial charge in [0.15, 0.2) is 0 Å². The summed E-state index contributed by atoms with van der Waals surface area (Å²) in [5.74, 6) is -0.240. The molecule has 0 aliphatic heterocycles. The Morgan fingerprint density at radius 2 is 1.95 bits per heavy atom. The number of nitrogens with zero attached hydrogens (tertiary/aromatic N) is 1. The zero-order valence-corrected chi connectivity index (χ0v) is 14.7. The Bertz CT molecular complexity index is 645. The molecule has 0 N–H and O–H groups in total. The quantitative estimate of drug-likeness (QED) is 0.625. The average Bonchev–Trinajstić information content (AvgIpc) is 2.46. The van der Waals surface area contributed by atoms with Crippen LogP contribution in [0.3, 0.4) is 0 Å². The van der Waals surface area contributed by atoms with Gasteiger partial charge in [0, 0.05) is 17.3 Å². The van der Waals surface area contributed by atoms with E-state index in [-0.39, 0.29) is 11.9 Å². The summed E-state index contributed by atoms with van der Waals surface area (Å²) in [6.07, 6.45) is 0. The number of hydrogen-bond donors (Lipinski definition) is 0. The van der Waals surface area contributed by atoms with E-state index in [1.165, 1.54) is 6.07 Å². The van der Waals surface area contributed by atoms with Gasteiger partial charge in [-0.15, -0.1) is 0 Å². The monoisotopic (exact) mass is 369 g/mol. The average molecular weight is 371 g/mol. The van der Waals surface area contributed by atoms with Gasteiger partial charge in [-0.05, 0) is 78.2 Å². The zero-order valence-electron chi connectivity index (χ0n) is 12.3. The van der Waals surface area contributed by atoms with Gasteiger partial charge in [-0.2, -0.15) is 0 Å². The van der Waals surface area contributed by atoms with Crippen molar-refractivity contribution in [2.24, 2.45) is 0 Å². The number of hydrogen-bond acceptors (Lipinski definition) is 1. The SMILES string of the molecule is CCN(c1ccc(Cl)c(C)c1)C(C)c1ccc(F)c(Br)c1. The molecule has 0 spiro atoms. The van der Waals surface area contributed by atoms with Crippen molar-refractivity contribution in [1.82, 2.24) is 0 Å². The van der Waals surface area contributed by atoms with Gasteiger partial charge in [-0.1, -0.05) is 17.7 Å². The normalized spacial score (nSPS) is 12.3. The Morgan fingerprint density at radius 1 is 1.24 bits per heavy atom. The lowest BCUT2D eigenvalue weighted by atomic mass is 10.1. The minimum atomic E-state index is -0.240. The van der Waals surface area contributed by atoms with Crippen molar-refractivity contribution >= 4 is 33.2 Å². The highest BCUT2D eigenvalue weighted by Crippen LogP contribution is 2.31. The fraction of sp³-hybridized carbons (Fsp3) is 0.294. The summed E-state index contributed by atoms with van der Waals surface area (Å²) >= 11 is 9.35. The van der Waals surface area contributed by atoms with Crippen LogP contribution in [0.5, 0.6) is 0 Å². The Morgan fingerprint density at radius 3 is 2.52 bits per heavy atom. The lowest BCUT2D eigenvalue weighted by molar-refractivity contribution is 0.616. The van der Waals surface area contributed by atoms with Crippen LogP contribution in [0.1, 0.15) is 31.0 Å². The molecule has 0 saturated carbocycles. The number of aryl methyl sites for hydroxylation is 1. The molecular weight excluding hydrogens is 353 g/mol. The lowest BCUT2D eigenvalue weighted by Crippen LogP contribution is -2.26. The third kappa shape index (κ3) is 3.58. The second-order valence-corrected chi connectivity index (χ2v) is 6.33. The summed E-state index contributed by atoms with van der Waals surface area (Å²) in [4.78, 5) is 2.27. The highest BCUT2D eigenvalue weighted by Gasteiger charge is 2.16. The van der Waals surface area contributed by atoms with Crippen LogP contribution in [0.15, 0.2) is 40.9 Å². The van der Waals surface area contributed by atoms with Gasteiger partial charge in [0.1, 0.15) is 5.82 Å². The van der Waals surface area contributed by atoms with Crippen LogP contribution in [0.2, 0.25) is 5.02 Å². The molecule has 112 valence electrons. The molecule has 1 unspecified atom stereocenters. The van der Waals surface area contributed by atoms with Crippen LogP contribution in [0.25, 0.3) is 0 Å². The minimum absolute atomic E-state index is 0.146. The largest absolute Gasteiger partial charge is 0.365 e. The van der Waals surface area contributed by atoms with Crippen molar-refractivity contribution in [3.8, 4) is 0 Å². The van der Waals surface area contributed by atoms with Crippen LogP contribution in [0.4, 0.5) is 10.1 Å². The first-order valence-electron chi connectivity index (χ1n) is 6.91. The van der Waals surface area contributed by atoms with Gasteiger partial charge >= 0.3 is 0 Å². The molecular formula is C17H18BrClFN. The van der Waals surface area contributed by atoms with Crippen LogP contribution < -0.4 is 4.90 Å². The molecule has 4 heteroatoms. The zero-order chi connectivity index (χ0) is 15.6. The summed E-state index contributed by atoms with van der Waals surface area (Å²) in [5, 5.41) is 0.770. The Labute approximate surface area is 138 Å². The first kappa shape index (κ1) is 16.3. The van der Waals surface area contributed by atoms with Crippen molar-refractivity contribution in [1.29, 1.82) is 0 Å². The molecule has 21 heavy (non-hydrogen) atoms. The van der Waals surface area contributed by atoms with E-state index in [0.717, 1.165) is 28.4 Å². The van der Waals surface area contributed by atoms with E-state index in [1.54, 1.807) is 0 Å². The molecule has 0 saturated heterocycles. The second-order valence-electron chi connectivity index (χ2n) is 5.07. The summed E-state index contributed by atoms with van der Waals surface area (Å²) < 4.78 is 13.9. The van der Waals surface area contributed by atoms with Crippen molar-refractivity contribution < 1.29 is 4.39 Å². The van der Waals surface area contributed by atoms with Gasteiger partial charge in [-0.25, -0.2) is 4.39 Å². The summed E-state index contributed by atoms with van der Waals surface area (Å²) in [6, 6.07) is 11.3. The van der Waals surface area contributed by atoms with Gasteiger partial charge in [0.25, 0.3) is 0 Å². The van der Waals surface area contributed by atoms with Crippen LogP contribution >= 0.6 is 27.5 Å². The standard InChI is InChI=1S/C17H18BrClFN/c1-4-21(14-6-7-16(19)11(2)9-14)12(3)13-5-8-17(20)15(18)10-13/h5-10,12H,4H2,1-3H3. The smallest absolute Gasteiger partial charge is 0.137 e. The Balaban J connectivity index is 2.35.